The number of hydrazone groups is 1. The van der Waals surface area contributed by atoms with Crippen LogP contribution >= 0.6 is 39.1 Å². The van der Waals surface area contributed by atoms with E-state index in [1.54, 1.807) is 6.21 Å². The number of halogens is 3. The molecule has 0 spiro atoms. The van der Waals surface area contributed by atoms with Gasteiger partial charge in [-0.1, -0.05) is 44.0 Å². The largest absolute Gasteiger partial charge is 0.299 e. The van der Waals surface area contributed by atoms with Gasteiger partial charge >= 0.3 is 0 Å². The molecule has 0 aliphatic rings. The molecule has 1 heterocycles. The van der Waals surface area contributed by atoms with Crippen LogP contribution in [0.3, 0.4) is 0 Å². The molecule has 0 aliphatic heterocycles. The minimum absolute atomic E-state index is 0.0133. The molecule has 8 heteroatoms. The Bertz CT molecular complexity index is 479. The van der Waals surface area contributed by atoms with E-state index in [1.165, 1.54) is 4.57 Å². The minimum Gasteiger partial charge on any atom is -0.299 e. The molecule has 18 heavy (non-hydrogen) atoms. The standard InChI is InChI=1S/C10H13BrCl2N4O/c1-10(2,3)5-14-16-6(18)4-17-8(13)7(12)15-9(17)11/h5H,4H2,1-3H3,(H,16,18)/b14-5-. The highest BCUT2D eigenvalue weighted by molar-refractivity contribution is 9.10. The smallest absolute Gasteiger partial charge is 0.260 e. The summed E-state index contributed by atoms with van der Waals surface area (Å²) in [6, 6.07) is 0. The van der Waals surface area contributed by atoms with Crippen molar-refractivity contribution < 1.29 is 4.79 Å². The fourth-order valence-electron chi connectivity index (χ4n) is 0.991. The van der Waals surface area contributed by atoms with Crippen molar-refractivity contribution in [3.05, 3.63) is 15.0 Å². The third-order valence-electron chi connectivity index (χ3n) is 1.76. The summed E-state index contributed by atoms with van der Waals surface area (Å²) in [5.74, 6) is -0.313. The monoisotopic (exact) mass is 354 g/mol. The second kappa shape index (κ2) is 6.04. The number of carbonyl (C=O) groups is 1. The van der Waals surface area contributed by atoms with E-state index in [0.29, 0.717) is 4.73 Å². The summed E-state index contributed by atoms with van der Waals surface area (Å²) in [6.45, 7) is 5.92. The van der Waals surface area contributed by atoms with Crippen molar-refractivity contribution in [2.75, 3.05) is 0 Å². The van der Waals surface area contributed by atoms with E-state index >= 15 is 0 Å². The first-order valence-corrected chi connectivity index (χ1v) is 6.65. The second-order valence-corrected chi connectivity index (χ2v) is 6.13. The summed E-state index contributed by atoms with van der Waals surface area (Å²) in [6.07, 6.45) is 1.66. The van der Waals surface area contributed by atoms with Gasteiger partial charge in [-0.3, -0.25) is 9.36 Å². The molecule has 0 fully saturated rings. The van der Waals surface area contributed by atoms with Crippen LogP contribution in [0.1, 0.15) is 20.8 Å². The summed E-state index contributed by atoms with van der Waals surface area (Å²) in [5.41, 5.74) is 2.32. The lowest BCUT2D eigenvalue weighted by molar-refractivity contribution is -0.121. The average molecular weight is 356 g/mol. The van der Waals surface area contributed by atoms with Gasteiger partial charge in [-0.05, 0) is 21.3 Å². The predicted octanol–water partition coefficient (Wildman–Crippen LogP) is 3.10. The Morgan fingerprint density at radius 1 is 1.56 bits per heavy atom. The zero-order chi connectivity index (χ0) is 13.9. The molecule has 0 atom stereocenters. The number of nitrogens with zero attached hydrogens (tertiary/aromatic N) is 3. The summed E-state index contributed by atoms with van der Waals surface area (Å²) in [5, 5.41) is 4.21. The van der Waals surface area contributed by atoms with Gasteiger partial charge in [0, 0.05) is 6.21 Å². The number of rotatable bonds is 3. The van der Waals surface area contributed by atoms with Crippen LogP contribution in [0.5, 0.6) is 0 Å². The Hall–Kier alpha value is -0.590. The Balaban J connectivity index is 2.63. The topological polar surface area (TPSA) is 59.3 Å². The third kappa shape index (κ3) is 4.59. The Morgan fingerprint density at radius 2 is 2.17 bits per heavy atom. The molecule has 1 rings (SSSR count). The summed E-state index contributed by atoms with van der Waals surface area (Å²) < 4.78 is 1.83. The minimum atomic E-state index is -0.313. The first-order chi connectivity index (χ1) is 8.20. The summed E-state index contributed by atoms with van der Waals surface area (Å²) in [7, 11) is 0. The molecule has 0 aromatic carbocycles. The number of aromatic nitrogens is 2. The summed E-state index contributed by atoms with van der Waals surface area (Å²) >= 11 is 14.8. The maximum absolute atomic E-state index is 11.6. The highest BCUT2D eigenvalue weighted by Crippen LogP contribution is 2.25. The molecular formula is C10H13BrCl2N4O. The van der Waals surface area contributed by atoms with Gasteiger partial charge in [0.2, 0.25) is 0 Å². The van der Waals surface area contributed by atoms with Crippen molar-refractivity contribution in [3.63, 3.8) is 0 Å². The Kier molecular flexibility index (Phi) is 5.19. The van der Waals surface area contributed by atoms with Gasteiger partial charge in [0.1, 0.15) is 11.7 Å². The number of hydrogen-bond donors (Lipinski definition) is 1. The van der Waals surface area contributed by atoms with Crippen LogP contribution < -0.4 is 5.43 Å². The third-order valence-corrected chi connectivity index (χ3v) is 3.11. The van der Waals surface area contributed by atoms with E-state index in [-0.39, 0.29) is 28.2 Å². The SMILES string of the molecule is CC(C)(C)/C=N\NC(=O)Cn1c(Br)nc(Cl)c1Cl. The first-order valence-electron chi connectivity index (χ1n) is 5.11. The van der Waals surface area contributed by atoms with Crippen LogP contribution in [0.4, 0.5) is 0 Å². The molecule has 1 aromatic rings. The van der Waals surface area contributed by atoms with Crippen LogP contribution in [-0.4, -0.2) is 21.7 Å². The fourth-order valence-corrected chi connectivity index (χ4v) is 2.04. The van der Waals surface area contributed by atoms with Crippen LogP contribution in [0.15, 0.2) is 9.84 Å². The molecular weight excluding hydrogens is 343 g/mol. The van der Waals surface area contributed by atoms with Gasteiger partial charge in [-0.2, -0.15) is 5.10 Å². The van der Waals surface area contributed by atoms with Gasteiger partial charge in [-0.25, -0.2) is 10.4 Å². The first kappa shape index (κ1) is 15.5. The van der Waals surface area contributed by atoms with E-state index in [2.05, 4.69) is 31.4 Å². The number of amides is 1. The number of hydrogen-bond acceptors (Lipinski definition) is 3. The molecule has 100 valence electrons. The molecule has 0 saturated carbocycles. The van der Waals surface area contributed by atoms with E-state index in [1.807, 2.05) is 20.8 Å². The quantitative estimate of drug-likeness (QED) is 0.669. The maximum Gasteiger partial charge on any atom is 0.260 e. The van der Waals surface area contributed by atoms with Gasteiger partial charge < -0.3 is 0 Å². The number of nitrogens with one attached hydrogen (secondary N) is 1. The highest BCUT2D eigenvalue weighted by Gasteiger charge is 2.14. The molecule has 0 bridgehead atoms. The van der Waals surface area contributed by atoms with E-state index in [0.717, 1.165) is 0 Å². The van der Waals surface area contributed by atoms with Crippen LogP contribution in [-0.2, 0) is 11.3 Å². The molecule has 1 N–H and O–H groups in total. The van der Waals surface area contributed by atoms with Crippen LogP contribution in [0.25, 0.3) is 0 Å². The lowest BCUT2D eigenvalue weighted by Gasteiger charge is -2.10. The average Bonchev–Trinajstić information content (AvgIpc) is 2.43. The molecule has 5 nitrogen and oxygen atoms in total. The lowest BCUT2D eigenvalue weighted by Crippen LogP contribution is -2.24. The zero-order valence-electron chi connectivity index (χ0n) is 10.2. The Morgan fingerprint density at radius 3 is 2.61 bits per heavy atom. The second-order valence-electron chi connectivity index (χ2n) is 4.71. The Labute approximate surface area is 124 Å². The molecule has 0 saturated heterocycles. The van der Waals surface area contributed by atoms with Crippen molar-refractivity contribution in [3.8, 4) is 0 Å². The van der Waals surface area contributed by atoms with Crippen molar-refractivity contribution >= 4 is 51.3 Å². The van der Waals surface area contributed by atoms with Gasteiger partial charge in [0.25, 0.3) is 5.91 Å². The van der Waals surface area contributed by atoms with Gasteiger partial charge in [0.05, 0.1) is 0 Å². The van der Waals surface area contributed by atoms with E-state index < -0.39 is 0 Å². The predicted molar refractivity (Wildman–Crippen MR) is 76.0 cm³/mol. The molecule has 1 amide bonds. The lowest BCUT2D eigenvalue weighted by atomic mass is 9.99. The molecule has 0 radical (unpaired) electrons. The number of imidazole rings is 1. The zero-order valence-corrected chi connectivity index (χ0v) is 13.3. The number of carbonyl (C=O) groups excluding carboxylic acids is 1. The fraction of sp³-hybridized carbons (Fsp3) is 0.500. The van der Waals surface area contributed by atoms with Crippen molar-refractivity contribution in [1.29, 1.82) is 0 Å². The molecule has 0 aliphatic carbocycles. The van der Waals surface area contributed by atoms with Gasteiger partial charge in [-0.15, -0.1) is 0 Å². The van der Waals surface area contributed by atoms with Crippen LogP contribution in [0.2, 0.25) is 10.3 Å². The maximum atomic E-state index is 11.6. The van der Waals surface area contributed by atoms with E-state index in [4.69, 9.17) is 23.2 Å². The van der Waals surface area contributed by atoms with Crippen LogP contribution in [0, 0.1) is 5.41 Å². The molecule has 1 aromatic heterocycles. The normalized spacial score (nSPS) is 12.1. The van der Waals surface area contributed by atoms with E-state index in [9.17, 15) is 4.79 Å². The van der Waals surface area contributed by atoms with Gasteiger partial charge in [0.15, 0.2) is 9.89 Å². The summed E-state index contributed by atoms with van der Waals surface area (Å²) in [4.78, 5) is 15.5. The highest BCUT2D eigenvalue weighted by atomic mass is 79.9. The molecule has 0 unspecified atom stereocenters. The van der Waals surface area contributed by atoms with Crippen molar-refractivity contribution in [2.24, 2.45) is 10.5 Å². The van der Waals surface area contributed by atoms with Crippen molar-refractivity contribution in [2.45, 2.75) is 27.3 Å². The van der Waals surface area contributed by atoms with Crippen molar-refractivity contribution in [1.82, 2.24) is 15.0 Å².